The number of aromatic amines is 2. The highest BCUT2D eigenvalue weighted by Crippen LogP contribution is 2.34. The number of hydrogen-bond acceptors (Lipinski definition) is 9. The zero-order valence-corrected chi connectivity index (χ0v) is 28.5. The number of aryl methyl sites for hydroxylation is 2. The molecule has 6 aromatic rings. The monoisotopic (exact) mass is 691 g/mol. The fourth-order valence-electron chi connectivity index (χ4n) is 6.31. The predicted octanol–water partition coefficient (Wildman–Crippen LogP) is 3.95. The molecule has 3 heterocycles. The Hall–Kier alpha value is -6.12. The number of aromatic hydroxyl groups is 2. The number of H-pyrrole nitrogens is 2. The first-order valence-electron chi connectivity index (χ1n) is 16.5. The quantitative estimate of drug-likeness (QED) is 0.0558. The fourth-order valence-corrected chi connectivity index (χ4v) is 6.31. The van der Waals surface area contributed by atoms with Crippen LogP contribution in [0.4, 0.5) is 11.6 Å². The number of nitrogens with two attached hydrogens (primary N) is 2. The number of benzene rings is 3. The van der Waals surface area contributed by atoms with Crippen molar-refractivity contribution in [3.05, 3.63) is 111 Å². The molecule has 6 rings (SSSR count). The Morgan fingerprint density at radius 1 is 1.04 bits per heavy atom. The highest BCUT2D eigenvalue weighted by atomic mass is 16.3. The van der Waals surface area contributed by atoms with Gasteiger partial charge in [0.05, 0.1) is 10.9 Å². The molecule has 14 heteroatoms. The number of nitrogens with one attached hydrogen (secondary N) is 3. The number of likely N-dealkylation sites (N-methyl/N-ethyl adjacent to an activating group) is 1. The number of carbonyl (C=O) groups excluding carboxylic acids is 1. The maximum atomic E-state index is 13.3. The van der Waals surface area contributed by atoms with E-state index >= 15 is 0 Å². The number of nitrogen functional groups attached to an aromatic ring is 1. The first kappa shape index (κ1) is 34.7. The van der Waals surface area contributed by atoms with Gasteiger partial charge in [-0.05, 0) is 77.9 Å². The van der Waals surface area contributed by atoms with E-state index in [4.69, 9.17) is 16.9 Å². The van der Waals surface area contributed by atoms with E-state index in [1.165, 1.54) is 17.0 Å². The van der Waals surface area contributed by atoms with E-state index in [2.05, 4.69) is 15.0 Å². The third-order valence-electron chi connectivity index (χ3n) is 9.11. The predicted molar refractivity (Wildman–Crippen MR) is 197 cm³/mol. The Kier molecular flexibility index (Phi) is 9.54. The van der Waals surface area contributed by atoms with Gasteiger partial charge in [-0.2, -0.15) is 4.98 Å². The second kappa shape index (κ2) is 14.0. The van der Waals surface area contributed by atoms with E-state index < -0.39 is 6.35 Å². The molecule has 1 amide bonds. The standard InChI is InChI=1S/C37H41N9O5/c1-20(2)26-17-27(30(48)18-29(26)47)32(38)46(37(40)51)25-10-11-28-23(16-25)12-13-45(28)15-14-44(3)35(50)22-7-4-21(5-8-22)6-9-24-19-41-33-31(24)34(49)43-36(39)42-33/h4-5,7-8,10-13,16-20,37-38,47-48,51H,6,9,14-15,40H2,1-3H3,(H4,39,41,42,43,49). The number of amides is 1. The molecule has 3 aromatic carbocycles. The number of fused-ring (bicyclic) bond motifs is 2. The van der Waals surface area contributed by atoms with Crippen LogP contribution in [0.5, 0.6) is 11.5 Å². The van der Waals surface area contributed by atoms with Gasteiger partial charge in [-0.25, -0.2) is 0 Å². The number of phenolic OH excluding ortho intramolecular Hbond substituents is 2. The van der Waals surface area contributed by atoms with Crippen LogP contribution in [0.25, 0.3) is 21.9 Å². The van der Waals surface area contributed by atoms with Crippen LogP contribution < -0.4 is 21.9 Å². The zero-order valence-electron chi connectivity index (χ0n) is 28.5. The molecule has 0 radical (unpaired) electrons. The topological polar surface area (TPSA) is 227 Å². The van der Waals surface area contributed by atoms with Crippen LogP contribution in [0.15, 0.2) is 77.9 Å². The summed E-state index contributed by atoms with van der Waals surface area (Å²) in [5.41, 5.74) is 16.1. The summed E-state index contributed by atoms with van der Waals surface area (Å²) in [5.74, 6) is -0.735. The molecule has 0 bridgehead atoms. The van der Waals surface area contributed by atoms with Crippen molar-refractivity contribution in [2.75, 3.05) is 24.2 Å². The van der Waals surface area contributed by atoms with Crippen LogP contribution in [-0.4, -0.2) is 71.4 Å². The lowest BCUT2D eigenvalue weighted by atomic mass is 9.98. The third kappa shape index (κ3) is 7.00. The summed E-state index contributed by atoms with van der Waals surface area (Å²) in [4.78, 5) is 38.2. The van der Waals surface area contributed by atoms with Crippen molar-refractivity contribution in [3.63, 3.8) is 0 Å². The zero-order chi connectivity index (χ0) is 36.6. The highest BCUT2D eigenvalue weighted by molar-refractivity contribution is 6.10. The van der Waals surface area contributed by atoms with Crippen molar-refractivity contribution in [3.8, 4) is 11.5 Å². The van der Waals surface area contributed by atoms with Crippen molar-refractivity contribution in [1.29, 1.82) is 5.41 Å². The van der Waals surface area contributed by atoms with Crippen LogP contribution in [0.1, 0.15) is 52.4 Å². The smallest absolute Gasteiger partial charge is 0.262 e. The third-order valence-corrected chi connectivity index (χ3v) is 9.11. The van der Waals surface area contributed by atoms with E-state index in [9.17, 15) is 24.9 Å². The Balaban J connectivity index is 1.10. The van der Waals surface area contributed by atoms with Crippen LogP contribution in [0, 0.1) is 5.41 Å². The lowest BCUT2D eigenvalue weighted by Crippen LogP contribution is -2.46. The summed E-state index contributed by atoms with van der Waals surface area (Å²) < 4.78 is 2.01. The van der Waals surface area contributed by atoms with Gasteiger partial charge in [-0.1, -0.05) is 26.0 Å². The van der Waals surface area contributed by atoms with Crippen LogP contribution in [0.2, 0.25) is 0 Å². The Morgan fingerprint density at radius 3 is 2.49 bits per heavy atom. The first-order chi connectivity index (χ1) is 24.3. The highest BCUT2D eigenvalue weighted by Gasteiger charge is 2.24. The Labute approximate surface area is 293 Å². The summed E-state index contributed by atoms with van der Waals surface area (Å²) >= 11 is 0. The van der Waals surface area contributed by atoms with Gasteiger partial charge < -0.3 is 35.5 Å². The molecule has 10 N–H and O–H groups in total. The van der Waals surface area contributed by atoms with Gasteiger partial charge in [0.1, 0.15) is 23.0 Å². The number of phenols is 2. The van der Waals surface area contributed by atoms with Crippen molar-refractivity contribution < 1.29 is 20.1 Å². The Morgan fingerprint density at radius 2 is 1.78 bits per heavy atom. The van der Waals surface area contributed by atoms with E-state index in [0.717, 1.165) is 22.0 Å². The molecule has 0 fully saturated rings. The number of aliphatic hydroxyl groups is 1. The molecule has 0 aliphatic carbocycles. The first-order valence-corrected chi connectivity index (χ1v) is 16.5. The largest absolute Gasteiger partial charge is 0.508 e. The van der Waals surface area contributed by atoms with Gasteiger partial charge in [0.15, 0.2) is 6.35 Å². The molecule has 0 aliphatic heterocycles. The van der Waals surface area contributed by atoms with E-state index in [-0.39, 0.29) is 46.2 Å². The van der Waals surface area contributed by atoms with E-state index in [1.54, 1.807) is 30.3 Å². The van der Waals surface area contributed by atoms with Crippen molar-refractivity contribution in [1.82, 2.24) is 24.4 Å². The SMILES string of the molecule is CC(C)c1cc(C(=N)N(c2ccc3c(ccn3CCN(C)C(=O)c3ccc(CCc4c[nH]c5nc(N)[nH]c(=O)c45)cc3)c2)C(N)O)c(O)cc1O. The molecule has 0 spiro atoms. The number of aromatic nitrogens is 4. The number of nitrogens with zero attached hydrogens (tertiary/aromatic N) is 4. The maximum absolute atomic E-state index is 13.3. The molecular formula is C37H41N9O5. The molecule has 1 atom stereocenters. The number of amidine groups is 1. The molecule has 264 valence electrons. The molecule has 51 heavy (non-hydrogen) atoms. The van der Waals surface area contributed by atoms with E-state index in [0.29, 0.717) is 53.8 Å². The maximum Gasteiger partial charge on any atom is 0.262 e. The van der Waals surface area contributed by atoms with Crippen molar-refractivity contribution in [2.45, 2.75) is 45.5 Å². The van der Waals surface area contributed by atoms with Crippen molar-refractivity contribution >= 4 is 45.3 Å². The Bertz CT molecular complexity index is 2300. The number of carbonyl (C=O) groups is 1. The minimum absolute atomic E-state index is 0.0627. The van der Waals surface area contributed by atoms with Gasteiger partial charge in [-0.3, -0.25) is 30.6 Å². The summed E-state index contributed by atoms with van der Waals surface area (Å²) in [5, 5.41) is 41.4. The summed E-state index contributed by atoms with van der Waals surface area (Å²) in [6, 6.07) is 17.4. The van der Waals surface area contributed by atoms with Gasteiger partial charge in [0.25, 0.3) is 11.5 Å². The lowest BCUT2D eigenvalue weighted by Gasteiger charge is -2.28. The summed E-state index contributed by atoms with van der Waals surface area (Å²) in [6.07, 6.45) is 3.38. The second-order valence-electron chi connectivity index (χ2n) is 12.9. The molecular weight excluding hydrogens is 650 g/mol. The van der Waals surface area contributed by atoms with Gasteiger partial charge in [0, 0.05) is 60.8 Å². The van der Waals surface area contributed by atoms with Crippen molar-refractivity contribution in [2.24, 2.45) is 5.73 Å². The van der Waals surface area contributed by atoms with Crippen LogP contribution in [-0.2, 0) is 19.4 Å². The number of rotatable bonds is 11. The fraction of sp³-hybridized carbons (Fsp3) is 0.243. The number of hydrogen-bond donors (Lipinski definition) is 8. The van der Waals surface area contributed by atoms with Crippen LogP contribution in [0.3, 0.4) is 0 Å². The minimum atomic E-state index is -1.58. The van der Waals surface area contributed by atoms with Gasteiger partial charge in [-0.15, -0.1) is 0 Å². The average Bonchev–Trinajstić information content (AvgIpc) is 3.69. The van der Waals surface area contributed by atoms with Gasteiger partial charge in [0.2, 0.25) is 5.95 Å². The molecule has 0 saturated heterocycles. The summed E-state index contributed by atoms with van der Waals surface area (Å²) in [6.45, 7) is 4.73. The van der Waals surface area contributed by atoms with Crippen LogP contribution >= 0.6 is 0 Å². The number of anilines is 2. The normalized spacial score (nSPS) is 12.1. The summed E-state index contributed by atoms with van der Waals surface area (Å²) in [7, 11) is 1.75. The molecule has 1 unspecified atom stereocenters. The average molecular weight is 692 g/mol. The molecule has 3 aromatic heterocycles. The lowest BCUT2D eigenvalue weighted by molar-refractivity contribution is 0.0790. The minimum Gasteiger partial charge on any atom is -0.508 e. The number of aliphatic hydroxyl groups excluding tert-OH is 1. The second-order valence-corrected chi connectivity index (χ2v) is 12.9. The van der Waals surface area contributed by atoms with E-state index in [1.807, 2.05) is 61.0 Å². The van der Waals surface area contributed by atoms with Gasteiger partial charge >= 0.3 is 0 Å². The molecule has 0 saturated carbocycles. The molecule has 14 nitrogen and oxygen atoms in total. The molecule has 0 aliphatic rings.